The summed E-state index contributed by atoms with van der Waals surface area (Å²) in [5, 5.41) is 1.86. The van der Waals surface area contributed by atoms with Crippen LogP contribution in [0.15, 0.2) is 242 Å². The Labute approximate surface area is 816 Å². The van der Waals surface area contributed by atoms with E-state index in [1.807, 2.05) is 181 Å². The van der Waals surface area contributed by atoms with Crippen molar-refractivity contribution in [2.45, 2.75) is 314 Å². The summed E-state index contributed by atoms with van der Waals surface area (Å²) in [5.41, 5.74) is -3.43. The minimum atomic E-state index is -1.31. The zero-order chi connectivity index (χ0) is 115. The zero-order valence-corrected chi connectivity index (χ0v) is 84.2. The van der Waals surface area contributed by atoms with Crippen LogP contribution in [0.4, 0.5) is 34.1 Å². The third kappa shape index (κ3) is 17.1. The Kier molecular flexibility index (Phi) is 16.4. The number of fused-ring (bicyclic) bond motifs is 7. The molecule has 3 nitrogen and oxygen atoms in total. The van der Waals surface area contributed by atoms with E-state index in [0.29, 0.717) is 38.9 Å². The van der Waals surface area contributed by atoms with Gasteiger partial charge in [-0.15, -0.1) is 0 Å². The SMILES string of the molecule is [2H]c1c([2H])c([2H])c(-c2ccc3c(c2)N(c2c(-c4c([2H])c([2H])c(C(C)(C)C)c([2H])c4[2H])c([2H])c(C(C)(C)C)c([2H])c2-c2c([2H])c([2H])c(C(C)(C)C)c([2H])c2C(C)(C)C)c2cc(-c4cc(C(C)(C)C)cc(C(C)(C)C)c4)cc4c2B3c2ccc(-n3c5ccc(C(C)(C)C)cc5c5cc(C(C)(C)C)ccc53)cc2N4c2c(-c3c([2H])c([2H])c(C(C)(C)C)c([2H])c3[2H])c([2H])c(C(C)(C)C)c([2H])c2-c2c(C(C)(C)C)c([2H])c([2H])c([2H])c2C(C)(C)C)c([2H])c1[2H]. The Morgan fingerprint density at radius 1 is 0.231 bits per heavy atom. The Balaban J connectivity index is 1.33. The largest absolute Gasteiger partial charge is 0.310 e. The Morgan fingerprint density at radius 3 is 1.03 bits per heavy atom. The number of nitrogens with zero attached hydrogens (tertiary/aromatic N) is 3. The van der Waals surface area contributed by atoms with Crippen molar-refractivity contribution in [3.63, 3.8) is 0 Å². The van der Waals surface area contributed by atoms with E-state index in [9.17, 15) is 30.2 Å². The first-order valence-corrected chi connectivity index (χ1v) is 46.5. The molecule has 0 radical (unpaired) electrons. The first-order chi connectivity index (χ1) is 69.7. The van der Waals surface area contributed by atoms with Crippen molar-refractivity contribution in [1.29, 1.82) is 0 Å². The number of hydrogen-bond donors (Lipinski definition) is 0. The molecule has 1 aromatic heterocycles. The van der Waals surface area contributed by atoms with E-state index in [1.165, 1.54) is 0 Å². The summed E-state index contributed by atoms with van der Waals surface area (Å²) >= 11 is 0. The van der Waals surface area contributed by atoms with Gasteiger partial charge >= 0.3 is 0 Å². The summed E-state index contributed by atoms with van der Waals surface area (Å²) in [4.78, 5) is 3.76. The van der Waals surface area contributed by atoms with Crippen molar-refractivity contribution in [2.24, 2.45) is 0 Å². The average molecular weight is 1740 g/mol. The summed E-state index contributed by atoms with van der Waals surface area (Å²) in [6.07, 6.45) is 0. The second-order valence-electron chi connectivity index (χ2n) is 49.1. The maximum absolute atomic E-state index is 12.1. The molecule has 130 heavy (non-hydrogen) atoms. The standard InChI is InChI=1S/C126H148BN3/c1-115(2,3)83-50-45-78(46-51-83)94-71-90(122(22,23)24)73-98(93-58-54-87(119(13,14)15)75-102(93)126(34,35)36)113(94)129-107-65-80(77-41-38-37-39-42-77)49-59-103(107)127-104-60-57-92(128-105-61-55-85(117(7,8)9)69-96(105)97-70-86(118(10,11)12)56-62-106(97)128)76-108(104)130(110-67-82(66-109(129)112(110)127)81-63-88(120(16,17)18)68-89(64-81)121(19,20)21)114-95(79-47-52-84(53-48-79)116(4,5)6)72-91(123(25,26)27)74-99(114)111-100(124(28,29)30)43-40-44-101(111)125(31,32)33/h37-76H,1-36H3/i37D,38D,39D,40D,41D,42D,43D,44D,45D,46D,47D,48D,50D,51D,52D,53D,54D,58D,71D,72D,73D,74D,75D. The average Bonchev–Trinajstić information content (AvgIpc) is 1.00. The highest BCUT2D eigenvalue weighted by Gasteiger charge is 2.48. The molecule has 0 atom stereocenters. The summed E-state index contributed by atoms with van der Waals surface area (Å²) in [7, 11) is 0. The van der Waals surface area contributed by atoms with Gasteiger partial charge in [-0.2, -0.15) is 0 Å². The van der Waals surface area contributed by atoms with Crippen LogP contribution < -0.4 is 26.2 Å². The second kappa shape index (κ2) is 31.5. The molecule has 0 aliphatic carbocycles. The molecule has 0 saturated heterocycles. The van der Waals surface area contributed by atoms with Crippen LogP contribution in [-0.2, 0) is 65.0 Å². The highest BCUT2D eigenvalue weighted by molar-refractivity contribution is 7.00. The normalized spacial score (nSPS) is 16.4. The van der Waals surface area contributed by atoms with Gasteiger partial charge in [0.1, 0.15) is 0 Å². The highest BCUT2D eigenvalue weighted by Crippen LogP contribution is 2.59. The molecule has 16 rings (SSSR count). The molecular formula is C126H148BN3. The number of rotatable bonds is 9. The van der Waals surface area contributed by atoms with Gasteiger partial charge in [0.2, 0.25) is 0 Å². The second-order valence-corrected chi connectivity index (χ2v) is 49.1. The molecule has 4 heteroatoms. The topological polar surface area (TPSA) is 11.4 Å². The molecule has 0 N–H and O–H groups in total. The molecule has 670 valence electrons. The molecule has 0 bridgehead atoms. The van der Waals surface area contributed by atoms with Crippen LogP contribution in [0.25, 0.3) is 94.3 Å². The fourth-order valence-electron chi connectivity index (χ4n) is 18.1. The summed E-state index contributed by atoms with van der Waals surface area (Å²) in [6.45, 7) is 69.1. The first kappa shape index (κ1) is 67.5. The third-order valence-corrected chi connectivity index (χ3v) is 25.9. The molecule has 0 spiro atoms. The van der Waals surface area contributed by atoms with Gasteiger partial charge in [0.05, 0.1) is 53.9 Å². The molecule has 0 unspecified atom stereocenters. The molecule has 2 aliphatic rings. The van der Waals surface area contributed by atoms with Crippen LogP contribution in [0.2, 0.25) is 0 Å². The van der Waals surface area contributed by atoms with E-state index in [2.05, 4.69) is 148 Å². The van der Waals surface area contributed by atoms with Gasteiger partial charge in [-0.25, -0.2) is 0 Å². The van der Waals surface area contributed by atoms with Crippen molar-refractivity contribution in [3.8, 4) is 72.4 Å². The van der Waals surface area contributed by atoms with Gasteiger partial charge in [-0.3, -0.25) is 0 Å². The van der Waals surface area contributed by atoms with Crippen LogP contribution in [-0.4, -0.2) is 11.3 Å². The van der Waals surface area contributed by atoms with Crippen LogP contribution in [0.3, 0.4) is 0 Å². The number of benzene rings is 13. The lowest BCUT2D eigenvalue weighted by Crippen LogP contribution is -2.61. The molecule has 0 amide bonds. The molecule has 13 aromatic carbocycles. The molecular weight excluding hydrogens is 1570 g/mol. The van der Waals surface area contributed by atoms with Gasteiger partial charge in [0.15, 0.2) is 0 Å². The van der Waals surface area contributed by atoms with Crippen molar-refractivity contribution in [1.82, 2.24) is 4.57 Å². The van der Waals surface area contributed by atoms with Gasteiger partial charge in [0, 0.05) is 61.5 Å². The van der Waals surface area contributed by atoms with Crippen molar-refractivity contribution < 1.29 is 31.5 Å². The lowest BCUT2D eigenvalue weighted by atomic mass is 9.33. The molecule has 0 fully saturated rings. The summed E-state index contributed by atoms with van der Waals surface area (Å²) < 4.78 is 250. The van der Waals surface area contributed by atoms with E-state index in [0.717, 1.165) is 44.1 Å². The fraction of sp³-hybridized carbons (Fsp3) is 0.381. The molecule has 0 saturated carbocycles. The zero-order valence-electron chi connectivity index (χ0n) is 107. The third-order valence-electron chi connectivity index (χ3n) is 25.9. The lowest BCUT2D eigenvalue weighted by molar-refractivity contribution is 0.568. The van der Waals surface area contributed by atoms with Crippen molar-refractivity contribution in [2.75, 3.05) is 9.80 Å². The number of hydrogen-bond acceptors (Lipinski definition) is 2. The lowest BCUT2D eigenvalue weighted by Gasteiger charge is -2.46. The van der Waals surface area contributed by atoms with E-state index in [4.69, 9.17) is 1.37 Å². The Hall–Kier alpha value is -10.7. The van der Waals surface area contributed by atoms with Gasteiger partial charge in [-0.1, -0.05) is 413 Å². The van der Waals surface area contributed by atoms with E-state index in [-0.39, 0.29) is 170 Å². The van der Waals surface area contributed by atoms with Crippen LogP contribution in [0.5, 0.6) is 0 Å². The maximum Gasteiger partial charge on any atom is 0.252 e. The molecule has 3 heterocycles. The van der Waals surface area contributed by atoms with E-state index < -0.39 is 169 Å². The monoisotopic (exact) mass is 1740 g/mol. The van der Waals surface area contributed by atoms with Gasteiger partial charge in [0.25, 0.3) is 6.71 Å². The molecule has 2 aliphatic heterocycles. The summed E-state index contributed by atoms with van der Waals surface area (Å²) in [5.74, 6) is 0. The van der Waals surface area contributed by atoms with Crippen molar-refractivity contribution >= 4 is 79.0 Å². The van der Waals surface area contributed by atoms with E-state index >= 15 is 0 Å². The Morgan fingerprint density at radius 2 is 0.608 bits per heavy atom. The van der Waals surface area contributed by atoms with Gasteiger partial charge < -0.3 is 14.4 Å². The van der Waals surface area contributed by atoms with Crippen LogP contribution in [0.1, 0.15) is 348 Å². The smallest absolute Gasteiger partial charge is 0.252 e. The predicted octanol–water partition coefficient (Wildman–Crippen LogP) is 34.4. The van der Waals surface area contributed by atoms with Crippen LogP contribution in [0, 0.1) is 0 Å². The van der Waals surface area contributed by atoms with Crippen LogP contribution >= 0.6 is 0 Å². The predicted molar refractivity (Wildman–Crippen MR) is 572 cm³/mol. The van der Waals surface area contributed by atoms with Crippen molar-refractivity contribution in [3.05, 3.63) is 309 Å². The minimum absolute atomic E-state index is 0.00332. The van der Waals surface area contributed by atoms with Gasteiger partial charge in [-0.05, 0) is 271 Å². The quantitative estimate of drug-likeness (QED) is 0.133. The highest BCUT2D eigenvalue weighted by atomic mass is 15.2. The summed E-state index contributed by atoms with van der Waals surface area (Å²) in [6, 6.07) is 24.0. The first-order valence-electron chi connectivity index (χ1n) is 58.0. The number of anilines is 6. The Bertz CT molecular complexity index is 8060. The number of aromatic nitrogens is 1. The fourth-order valence-corrected chi connectivity index (χ4v) is 18.1. The minimum Gasteiger partial charge on any atom is -0.310 e. The maximum atomic E-state index is 12.1. The van der Waals surface area contributed by atoms with E-state index in [1.54, 1.807) is 37.8 Å². The molecule has 14 aromatic rings.